The molecule has 3 aromatic rings. The fourth-order valence-corrected chi connectivity index (χ4v) is 6.52. The van der Waals surface area contributed by atoms with Gasteiger partial charge in [-0.15, -0.1) is 0 Å². The number of phenols is 2. The van der Waals surface area contributed by atoms with Crippen LogP contribution in [0.15, 0.2) is 54.6 Å². The molecule has 6 rings (SSSR count). The molecule has 0 saturated carbocycles. The van der Waals surface area contributed by atoms with Crippen molar-refractivity contribution in [2.75, 3.05) is 10.2 Å². The van der Waals surface area contributed by atoms with Gasteiger partial charge in [0.25, 0.3) is 0 Å². The summed E-state index contributed by atoms with van der Waals surface area (Å²) in [6.45, 7) is 3.09. The molecule has 0 aliphatic carbocycles. The molecule has 3 aromatic carbocycles. The van der Waals surface area contributed by atoms with Crippen LogP contribution in [0.1, 0.15) is 23.6 Å². The minimum atomic E-state index is -1.57. The second-order valence-corrected chi connectivity index (χ2v) is 10.7. The molecular formula is C29H24ClN3O7. The van der Waals surface area contributed by atoms with Crippen molar-refractivity contribution in [2.24, 2.45) is 11.8 Å². The predicted molar refractivity (Wildman–Crippen MR) is 144 cm³/mol. The number of carbonyl (C=O) groups excluding carboxylic acids is 4. The fraction of sp³-hybridized carbons (Fsp3) is 0.241. The van der Waals surface area contributed by atoms with E-state index in [4.69, 9.17) is 16.3 Å². The van der Waals surface area contributed by atoms with Crippen LogP contribution in [-0.4, -0.2) is 39.9 Å². The lowest BCUT2D eigenvalue weighted by molar-refractivity contribution is -0.132. The predicted octanol–water partition coefficient (Wildman–Crippen LogP) is 3.15. The highest BCUT2D eigenvalue weighted by atomic mass is 35.5. The Morgan fingerprint density at radius 3 is 2.42 bits per heavy atom. The first-order chi connectivity index (χ1) is 19.0. The third-order valence-corrected chi connectivity index (χ3v) is 8.07. The van der Waals surface area contributed by atoms with Crippen LogP contribution in [-0.2, 0) is 31.1 Å². The van der Waals surface area contributed by atoms with Gasteiger partial charge in [0.2, 0.25) is 17.7 Å². The van der Waals surface area contributed by atoms with Crippen LogP contribution in [0.3, 0.4) is 0 Å². The van der Waals surface area contributed by atoms with Crippen LogP contribution in [0.25, 0.3) is 0 Å². The van der Waals surface area contributed by atoms with Crippen LogP contribution < -0.4 is 20.3 Å². The quantitative estimate of drug-likeness (QED) is 0.164. The molecule has 0 bridgehead atoms. The number of halogens is 1. The first-order valence-corrected chi connectivity index (χ1v) is 13.0. The molecule has 204 valence electrons. The van der Waals surface area contributed by atoms with E-state index in [-0.39, 0.29) is 29.4 Å². The summed E-state index contributed by atoms with van der Waals surface area (Å²) in [6, 6.07) is 13.1. The second-order valence-electron chi connectivity index (χ2n) is 10.3. The van der Waals surface area contributed by atoms with Gasteiger partial charge in [0.1, 0.15) is 11.3 Å². The molecule has 3 aliphatic rings. The highest BCUT2D eigenvalue weighted by molar-refractivity contribution is 6.35. The number of imide groups is 1. The number of rotatable bonds is 4. The average molecular weight is 562 g/mol. The van der Waals surface area contributed by atoms with Crippen LogP contribution in [0, 0.1) is 18.8 Å². The van der Waals surface area contributed by atoms with Crippen molar-refractivity contribution in [1.29, 1.82) is 0 Å². The van der Waals surface area contributed by atoms with E-state index in [1.807, 2.05) is 6.92 Å². The van der Waals surface area contributed by atoms with Gasteiger partial charge in [-0.3, -0.25) is 24.5 Å². The van der Waals surface area contributed by atoms with Crippen molar-refractivity contribution in [3.63, 3.8) is 0 Å². The van der Waals surface area contributed by atoms with Crippen LogP contribution in [0.4, 0.5) is 11.4 Å². The van der Waals surface area contributed by atoms with Crippen molar-refractivity contribution in [3.8, 4) is 17.2 Å². The molecular weight excluding hydrogens is 538 g/mol. The smallest absolute Gasteiger partial charge is 0.308 e. The number of esters is 1. The first kappa shape index (κ1) is 25.8. The lowest BCUT2D eigenvalue weighted by atomic mass is 9.76. The average Bonchev–Trinajstić information content (AvgIpc) is 3.47. The number of aromatic hydroxyl groups is 2. The molecule has 4 atom stereocenters. The van der Waals surface area contributed by atoms with Gasteiger partial charge in [-0.1, -0.05) is 23.7 Å². The topological polar surface area (TPSA) is 145 Å². The Balaban J connectivity index is 1.47. The summed E-state index contributed by atoms with van der Waals surface area (Å²) < 4.78 is 5.07. The van der Waals surface area contributed by atoms with E-state index in [0.29, 0.717) is 21.8 Å². The number of ether oxygens (including phenoxy) is 1. The molecule has 10 nitrogen and oxygen atoms in total. The van der Waals surface area contributed by atoms with E-state index in [0.717, 1.165) is 10.5 Å². The van der Waals surface area contributed by atoms with Gasteiger partial charge >= 0.3 is 5.97 Å². The van der Waals surface area contributed by atoms with Gasteiger partial charge in [-0.05, 0) is 66.9 Å². The third-order valence-electron chi connectivity index (χ3n) is 7.77. The number of aryl methyl sites for hydroxylation is 1. The third kappa shape index (κ3) is 3.75. The molecule has 4 N–H and O–H groups in total. The SMILES string of the molecule is CC(=O)Oc1ccc(N2C(=O)[C@H]3[C@@H](C2=O)[C@@]2(N[C@@H]3Cc3ccc(O)c(O)c3)C(=O)Nc3c(Cl)cc(C)cc32)cc1. The van der Waals surface area contributed by atoms with Gasteiger partial charge in [-0.25, -0.2) is 4.90 Å². The number of benzene rings is 3. The molecule has 0 aromatic heterocycles. The second kappa shape index (κ2) is 9.07. The number of carbonyl (C=O) groups is 4. The number of hydrogen-bond acceptors (Lipinski definition) is 8. The number of phenolic OH excluding ortho intramolecular Hbond substituents is 2. The molecule has 2 saturated heterocycles. The summed E-state index contributed by atoms with van der Waals surface area (Å²) in [5, 5.41) is 26.3. The Labute approximate surface area is 233 Å². The van der Waals surface area contributed by atoms with Gasteiger partial charge < -0.3 is 20.3 Å². The minimum Gasteiger partial charge on any atom is -0.504 e. The Bertz CT molecular complexity index is 1620. The van der Waals surface area contributed by atoms with E-state index in [9.17, 15) is 29.4 Å². The standard InChI is InChI=1S/C29H24ClN3O7/c1-13-9-18-25(19(30)10-13)31-28(39)29(18)24-23(20(32-29)11-15-3-8-21(35)22(36)12-15)26(37)33(27(24)38)16-4-6-17(7-5-16)40-14(2)34/h3-10,12,20,23-24,32,35-36H,11H2,1-2H3,(H,31,39)/t20-,23-,24+,29-/m1/s1. The maximum Gasteiger partial charge on any atom is 0.308 e. The monoisotopic (exact) mass is 561 g/mol. The highest BCUT2D eigenvalue weighted by Gasteiger charge is 2.70. The number of nitrogens with one attached hydrogen (secondary N) is 2. The molecule has 3 amide bonds. The Kier molecular flexibility index (Phi) is 5.86. The van der Waals surface area contributed by atoms with Gasteiger partial charge in [0.15, 0.2) is 11.5 Å². The molecule has 3 heterocycles. The lowest BCUT2D eigenvalue weighted by Gasteiger charge is -2.30. The zero-order valence-electron chi connectivity index (χ0n) is 21.4. The fourth-order valence-electron chi connectivity index (χ4n) is 6.20. The van der Waals surface area contributed by atoms with E-state index in [2.05, 4.69) is 10.6 Å². The van der Waals surface area contributed by atoms with Crippen LogP contribution in [0.5, 0.6) is 17.2 Å². The summed E-state index contributed by atoms with van der Waals surface area (Å²) in [5.41, 5.74) is 0.946. The zero-order valence-corrected chi connectivity index (χ0v) is 22.2. The number of anilines is 2. The molecule has 1 spiro atoms. The van der Waals surface area contributed by atoms with Crippen molar-refractivity contribution in [3.05, 3.63) is 76.3 Å². The number of amides is 3. The zero-order chi connectivity index (χ0) is 28.5. The van der Waals surface area contributed by atoms with Crippen LogP contribution in [0.2, 0.25) is 5.02 Å². The molecule has 2 fully saturated rings. The largest absolute Gasteiger partial charge is 0.504 e. The van der Waals surface area contributed by atoms with Gasteiger partial charge in [-0.2, -0.15) is 0 Å². The van der Waals surface area contributed by atoms with E-state index in [1.165, 1.54) is 43.3 Å². The molecule has 3 aliphatic heterocycles. The number of fused-ring (bicyclic) bond motifs is 4. The Hall–Kier alpha value is -4.41. The van der Waals surface area contributed by atoms with Crippen molar-refractivity contribution in [1.82, 2.24) is 5.32 Å². The first-order valence-electron chi connectivity index (χ1n) is 12.6. The molecule has 40 heavy (non-hydrogen) atoms. The summed E-state index contributed by atoms with van der Waals surface area (Å²) in [5.74, 6) is -4.44. The summed E-state index contributed by atoms with van der Waals surface area (Å²) in [6.07, 6.45) is 0.178. The number of hydrogen-bond donors (Lipinski definition) is 4. The van der Waals surface area contributed by atoms with Gasteiger partial charge in [0, 0.05) is 18.5 Å². The van der Waals surface area contributed by atoms with Crippen molar-refractivity contribution < 1.29 is 34.1 Å². The normalized spacial score (nSPS) is 24.8. The maximum absolute atomic E-state index is 14.1. The summed E-state index contributed by atoms with van der Waals surface area (Å²) in [7, 11) is 0. The van der Waals surface area contributed by atoms with Gasteiger partial charge in [0.05, 0.1) is 28.2 Å². The maximum atomic E-state index is 14.1. The van der Waals surface area contributed by atoms with E-state index in [1.54, 1.807) is 18.2 Å². The van der Waals surface area contributed by atoms with Crippen LogP contribution >= 0.6 is 11.6 Å². The molecule has 0 unspecified atom stereocenters. The van der Waals surface area contributed by atoms with E-state index >= 15 is 0 Å². The minimum absolute atomic E-state index is 0.178. The lowest BCUT2D eigenvalue weighted by Crippen LogP contribution is -2.53. The Morgan fingerprint density at radius 1 is 1.02 bits per heavy atom. The van der Waals surface area contributed by atoms with E-state index < -0.39 is 47.1 Å². The molecule has 11 heteroatoms. The summed E-state index contributed by atoms with van der Waals surface area (Å²) >= 11 is 6.49. The number of nitrogens with zero attached hydrogens (tertiary/aromatic N) is 1. The summed E-state index contributed by atoms with van der Waals surface area (Å²) in [4.78, 5) is 54.3. The molecule has 0 radical (unpaired) electrons. The van der Waals surface area contributed by atoms with Crippen molar-refractivity contribution >= 4 is 46.7 Å². The highest BCUT2D eigenvalue weighted by Crippen LogP contribution is 2.55. The van der Waals surface area contributed by atoms with Crippen molar-refractivity contribution in [2.45, 2.75) is 31.8 Å². The Morgan fingerprint density at radius 2 is 1.75 bits per heavy atom.